The zero-order valence-corrected chi connectivity index (χ0v) is 11.3. The number of carbonyl (C=O) groups excluding carboxylic acids is 2. The molecule has 20 heavy (non-hydrogen) atoms. The number of nitro benzene ring substituents is 1. The first kappa shape index (κ1) is 15.9. The lowest BCUT2D eigenvalue weighted by molar-refractivity contribution is -0.384. The van der Waals surface area contributed by atoms with Crippen LogP contribution in [0.15, 0.2) is 18.2 Å². The second-order valence-electron chi connectivity index (χ2n) is 3.62. The molecule has 0 fully saturated rings. The maximum absolute atomic E-state index is 11.5. The van der Waals surface area contributed by atoms with Crippen LogP contribution < -0.4 is 10.6 Å². The molecule has 0 atom stereocenters. The van der Waals surface area contributed by atoms with Crippen molar-refractivity contribution in [3.05, 3.63) is 33.3 Å². The van der Waals surface area contributed by atoms with Gasteiger partial charge in [0.15, 0.2) is 0 Å². The van der Waals surface area contributed by atoms with Gasteiger partial charge < -0.3 is 15.4 Å². The first-order valence-electron chi connectivity index (χ1n) is 5.47. The minimum absolute atomic E-state index is 0.00671. The molecule has 1 aromatic rings. The van der Waals surface area contributed by atoms with E-state index in [2.05, 4.69) is 10.6 Å². The molecule has 108 valence electrons. The highest BCUT2D eigenvalue weighted by Crippen LogP contribution is 2.26. The number of rotatable bonds is 5. The zero-order chi connectivity index (χ0) is 15.1. The number of halogens is 1. The largest absolute Gasteiger partial charge is 0.383 e. The molecule has 0 saturated carbocycles. The molecule has 2 N–H and O–H groups in total. The van der Waals surface area contributed by atoms with Crippen molar-refractivity contribution >= 4 is 34.8 Å². The van der Waals surface area contributed by atoms with Crippen LogP contribution >= 0.6 is 11.6 Å². The van der Waals surface area contributed by atoms with Gasteiger partial charge in [-0.25, -0.2) is 0 Å². The summed E-state index contributed by atoms with van der Waals surface area (Å²) in [7, 11) is 1.45. The molecule has 1 aromatic carbocycles. The lowest BCUT2D eigenvalue weighted by Gasteiger charge is -2.07. The van der Waals surface area contributed by atoms with Gasteiger partial charge in [0, 0.05) is 25.8 Å². The second-order valence-corrected chi connectivity index (χ2v) is 4.03. The van der Waals surface area contributed by atoms with Crippen LogP contribution in [0.25, 0.3) is 0 Å². The Morgan fingerprint density at radius 3 is 2.70 bits per heavy atom. The Hall–Kier alpha value is -2.19. The summed E-state index contributed by atoms with van der Waals surface area (Å²) >= 11 is 5.79. The number of anilines is 1. The van der Waals surface area contributed by atoms with Gasteiger partial charge in [0.1, 0.15) is 0 Å². The molecule has 0 aliphatic heterocycles. The SMILES string of the molecule is COCCNC(=O)C(=O)Nc1cc([N+](=O)[O-])ccc1Cl. The van der Waals surface area contributed by atoms with Crippen LogP contribution in [0.2, 0.25) is 5.02 Å². The summed E-state index contributed by atoms with van der Waals surface area (Å²) in [5.74, 6) is -1.85. The summed E-state index contributed by atoms with van der Waals surface area (Å²) in [6, 6.07) is 3.53. The molecule has 0 unspecified atom stereocenters. The van der Waals surface area contributed by atoms with Gasteiger partial charge in [-0.1, -0.05) is 11.6 Å². The molecular weight excluding hydrogens is 290 g/mol. The molecule has 0 heterocycles. The summed E-state index contributed by atoms with van der Waals surface area (Å²) in [4.78, 5) is 32.9. The Kier molecular flexibility index (Phi) is 5.88. The number of nitro groups is 1. The molecule has 0 aliphatic rings. The quantitative estimate of drug-likeness (QED) is 0.364. The molecule has 1 rings (SSSR count). The van der Waals surface area contributed by atoms with Crippen LogP contribution in [0.3, 0.4) is 0 Å². The molecule has 0 aliphatic carbocycles. The van der Waals surface area contributed by atoms with Crippen LogP contribution in [-0.4, -0.2) is 37.0 Å². The predicted octanol–water partition coefficient (Wildman–Crippen LogP) is 0.949. The standard InChI is InChI=1S/C11H12ClN3O5/c1-20-5-4-13-10(16)11(17)14-9-6-7(15(18)19)2-3-8(9)12/h2-3,6H,4-5H2,1H3,(H,13,16)(H,14,17). The fourth-order valence-electron chi connectivity index (χ4n) is 1.25. The van der Waals surface area contributed by atoms with Gasteiger partial charge >= 0.3 is 11.8 Å². The highest BCUT2D eigenvalue weighted by Gasteiger charge is 2.16. The van der Waals surface area contributed by atoms with Gasteiger partial charge in [-0.2, -0.15) is 0 Å². The molecule has 9 heteroatoms. The van der Waals surface area contributed by atoms with E-state index in [1.165, 1.54) is 19.2 Å². The van der Waals surface area contributed by atoms with E-state index >= 15 is 0 Å². The van der Waals surface area contributed by atoms with E-state index < -0.39 is 16.7 Å². The number of ether oxygens (including phenoxy) is 1. The minimum atomic E-state index is -0.969. The first-order chi connectivity index (χ1) is 9.45. The molecule has 0 saturated heterocycles. The van der Waals surface area contributed by atoms with Crippen LogP contribution in [0.1, 0.15) is 0 Å². The number of amides is 2. The van der Waals surface area contributed by atoms with E-state index in [1.54, 1.807) is 0 Å². The van der Waals surface area contributed by atoms with Gasteiger partial charge in [-0.3, -0.25) is 19.7 Å². The number of carbonyl (C=O) groups is 2. The van der Waals surface area contributed by atoms with Gasteiger partial charge in [0.05, 0.1) is 22.2 Å². The number of non-ortho nitro benzene ring substituents is 1. The van der Waals surface area contributed by atoms with Crippen LogP contribution in [0.4, 0.5) is 11.4 Å². The number of hydrogen-bond acceptors (Lipinski definition) is 5. The number of methoxy groups -OCH3 is 1. The van der Waals surface area contributed by atoms with Crippen LogP contribution in [0.5, 0.6) is 0 Å². The number of benzene rings is 1. The summed E-state index contributed by atoms with van der Waals surface area (Å²) in [5.41, 5.74) is -0.253. The van der Waals surface area contributed by atoms with Crippen LogP contribution in [0, 0.1) is 10.1 Å². The third-order valence-corrected chi connectivity index (χ3v) is 2.54. The van der Waals surface area contributed by atoms with Crippen molar-refractivity contribution in [3.63, 3.8) is 0 Å². The van der Waals surface area contributed by atoms with Crippen molar-refractivity contribution in [2.45, 2.75) is 0 Å². The average Bonchev–Trinajstić information content (AvgIpc) is 2.41. The molecular formula is C11H12ClN3O5. The van der Waals surface area contributed by atoms with Gasteiger partial charge in [-0.05, 0) is 6.07 Å². The van der Waals surface area contributed by atoms with Crippen molar-refractivity contribution < 1.29 is 19.2 Å². The first-order valence-corrected chi connectivity index (χ1v) is 5.85. The Morgan fingerprint density at radius 1 is 1.40 bits per heavy atom. The van der Waals surface area contributed by atoms with E-state index in [-0.39, 0.29) is 29.5 Å². The van der Waals surface area contributed by atoms with Crippen molar-refractivity contribution in [1.82, 2.24) is 5.32 Å². The Bertz CT molecular complexity index is 535. The fraction of sp³-hybridized carbons (Fsp3) is 0.273. The third kappa shape index (κ3) is 4.48. The number of nitrogens with zero attached hydrogens (tertiary/aromatic N) is 1. The van der Waals surface area contributed by atoms with E-state index in [9.17, 15) is 19.7 Å². The average molecular weight is 302 g/mol. The highest BCUT2D eigenvalue weighted by molar-refractivity contribution is 6.41. The van der Waals surface area contributed by atoms with E-state index in [0.29, 0.717) is 0 Å². The number of nitrogens with one attached hydrogen (secondary N) is 2. The normalized spacial score (nSPS) is 9.90. The topological polar surface area (TPSA) is 111 Å². The van der Waals surface area contributed by atoms with E-state index in [1.807, 2.05) is 0 Å². The third-order valence-electron chi connectivity index (χ3n) is 2.21. The minimum Gasteiger partial charge on any atom is -0.383 e. The smallest absolute Gasteiger partial charge is 0.313 e. The van der Waals surface area contributed by atoms with Crippen molar-refractivity contribution in [2.75, 3.05) is 25.6 Å². The van der Waals surface area contributed by atoms with E-state index in [0.717, 1.165) is 6.07 Å². The summed E-state index contributed by atoms with van der Waals surface area (Å²) in [6.07, 6.45) is 0. The monoisotopic (exact) mass is 301 g/mol. The maximum Gasteiger partial charge on any atom is 0.313 e. The summed E-state index contributed by atoms with van der Waals surface area (Å²) in [6.45, 7) is 0.433. The number of hydrogen-bond donors (Lipinski definition) is 2. The maximum atomic E-state index is 11.5. The van der Waals surface area contributed by atoms with Crippen molar-refractivity contribution in [1.29, 1.82) is 0 Å². The second kappa shape index (κ2) is 7.41. The summed E-state index contributed by atoms with van der Waals surface area (Å²) in [5, 5.41) is 15.2. The fourth-order valence-corrected chi connectivity index (χ4v) is 1.41. The predicted molar refractivity (Wildman–Crippen MR) is 71.6 cm³/mol. The zero-order valence-electron chi connectivity index (χ0n) is 10.5. The molecule has 8 nitrogen and oxygen atoms in total. The summed E-state index contributed by atoms with van der Waals surface area (Å²) < 4.78 is 4.71. The van der Waals surface area contributed by atoms with Crippen molar-refractivity contribution in [2.24, 2.45) is 0 Å². The van der Waals surface area contributed by atoms with Gasteiger partial charge in [0.2, 0.25) is 0 Å². The Labute approximate surface area is 119 Å². The molecule has 0 radical (unpaired) electrons. The molecule has 0 bridgehead atoms. The Morgan fingerprint density at radius 2 is 2.10 bits per heavy atom. The Balaban J connectivity index is 2.72. The molecule has 2 amide bonds. The molecule has 0 spiro atoms. The van der Waals surface area contributed by atoms with Gasteiger partial charge in [0.25, 0.3) is 5.69 Å². The van der Waals surface area contributed by atoms with Crippen LogP contribution in [-0.2, 0) is 14.3 Å². The van der Waals surface area contributed by atoms with Gasteiger partial charge in [-0.15, -0.1) is 0 Å². The molecule has 0 aromatic heterocycles. The lowest BCUT2D eigenvalue weighted by Crippen LogP contribution is -2.37. The van der Waals surface area contributed by atoms with E-state index in [4.69, 9.17) is 16.3 Å². The highest BCUT2D eigenvalue weighted by atomic mass is 35.5. The lowest BCUT2D eigenvalue weighted by atomic mass is 10.2. The van der Waals surface area contributed by atoms with Crippen molar-refractivity contribution in [3.8, 4) is 0 Å².